The van der Waals surface area contributed by atoms with Crippen LogP contribution in [0.15, 0.2) is 54.7 Å². The quantitative estimate of drug-likeness (QED) is 0.658. The van der Waals surface area contributed by atoms with Crippen LogP contribution in [0.5, 0.6) is 0 Å². The molecule has 0 bridgehead atoms. The van der Waals surface area contributed by atoms with Crippen LogP contribution in [0.2, 0.25) is 5.15 Å². The van der Waals surface area contributed by atoms with Gasteiger partial charge in [-0.05, 0) is 26.0 Å². The average molecular weight is 295 g/mol. The van der Waals surface area contributed by atoms with Crippen molar-refractivity contribution in [2.75, 3.05) is 0 Å². The summed E-state index contributed by atoms with van der Waals surface area (Å²) >= 11 is 6.05. The predicted molar refractivity (Wildman–Crippen MR) is 87.4 cm³/mol. The highest BCUT2D eigenvalue weighted by atomic mass is 35.5. The zero-order valence-corrected chi connectivity index (χ0v) is 12.7. The second-order valence-corrected chi connectivity index (χ2v) is 5.52. The van der Waals surface area contributed by atoms with Crippen LogP contribution in [-0.4, -0.2) is 9.97 Å². The van der Waals surface area contributed by atoms with Gasteiger partial charge in [-0.1, -0.05) is 59.1 Å². The first-order valence-corrected chi connectivity index (χ1v) is 7.18. The molecule has 3 aromatic rings. The van der Waals surface area contributed by atoms with E-state index in [0.717, 1.165) is 22.5 Å². The Bertz CT molecular complexity index is 797. The summed E-state index contributed by atoms with van der Waals surface area (Å²) in [6.45, 7) is 4.13. The molecule has 0 aliphatic rings. The summed E-state index contributed by atoms with van der Waals surface area (Å²) in [5, 5.41) is 0.405. The normalized spacial score (nSPS) is 10.6. The molecule has 1 heterocycles. The first kappa shape index (κ1) is 13.8. The maximum absolute atomic E-state index is 6.05. The third-order valence-corrected chi connectivity index (χ3v) is 3.51. The van der Waals surface area contributed by atoms with Crippen LogP contribution in [0.4, 0.5) is 0 Å². The highest BCUT2D eigenvalue weighted by molar-refractivity contribution is 6.29. The van der Waals surface area contributed by atoms with E-state index < -0.39 is 0 Å². The zero-order chi connectivity index (χ0) is 14.8. The summed E-state index contributed by atoms with van der Waals surface area (Å²) in [7, 11) is 0. The number of benzene rings is 2. The molecule has 3 heteroatoms. The molecule has 21 heavy (non-hydrogen) atoms. The molecule has 0 aliphatic heterocycles. The Hall–Kier alpha value is -2.19. The number of hydrogen-bond donors (Lipinski definition) is 0. The van der Waals surface area contributed by atoms with E-state index in [2.05, 4.69) is 48.1 Å². The smallest absolute Gasteiger partial charge is 0.148 e. The van der Waals surface area contributed by atoms with E-state index in [9.17, 15) is 0 Å². The highest BCUT2D eigenvalue weighted by Crippen LogP contribution is 2.30. The third-order valence-electron chi connectivity index (χ3n) is 3.33. The van der Waals surface area contributed by atoms with Gasteiger partial charge in [0.2, 0.25) is 0 Å². The van der Waals surface area contributed by atoms with Crippen LogP contribution in [0.25, 0.3) is 22.5 Å². The molecule has 0 fully saturated rings. The average Bonchev–Trinajstić information content (AvgIpc) is 2.47. The summed E-state index contributed by atoms with van der Waals surface area (Å²) in [4.78, 5) is 8.99. The van der Waals surface area contributed by atoms with Gasteiger partial charge in [0.15, 0.2) is 0 Å². The number of hydrogen-bond acceptors (Lipinski definition) is 2. The van der Waals surface area contributed by atoms with E-state index in [4.69, 9.17) is 11.6 Å². The van der Waals surface area contributed by atoms with Gasteiger partial charge < -0.3 is 0 Å². The van der Waals surface area contributed by atoms with Gasteiger partial charge in [0, 0.05) is 11.1 Å². The molecule has 1 aromatic heterocycles. The molecule has 0 spiro atoms. The molecule has 0 aliphatic carbocycles. The number of aryl methyl sites for hydroxylation is 2. The lowest BCUT2D eigenvalue weighted by atomic mass is 10.0. The molecule has 0 unspecified atom stereocenters. The second kappa shape index (κ2) is 5.66. The van der Waals surface area contributed by atoms with E-state index in [1.54, 1.807) is 6.20 Å². The lowest BCUT2D eigenvalue weighted by molar-refractivity contribution is 1.20. The van der Waals surface area contributed by atoms with Gasteiger partial charge in [0.25, 0.3) is 0 Å². The first-order chi connectivity index (χ1) is 10.1. The predicted octanol–water partition coefficient (Wildman–Crippen LogP) is 5.08. The van der Waals surface area contributed by atoms with Crippen LogP contribution in [0.3, 0.4) is 0 Å². The Morgan fingerprint density at radius 1 is 0.810 bits per heavy atom. The van der Waals surface area contributed by atoms with Crippen molar-refractivity contribution in [3.05, 3.63) is 71.0 Å². The SMILES string of the molecule is Cc1cccc(-c2ncc(Cl)nc2-c2cccc(C)c2)c1. The Morgan fingerprint density at radius 2 is 1.38 bits per heavy atom. The van der Waals surface area contributed by atoms with Crippen LogP contribution in [0, 0.1) is 13.8 Å². The summed E-state index contributed by atoms with van der Waals surface area (Å²) in [6, 6.07) is 16.5. The minimum Gasteiger partial charge on any atom is -0.251 e. The Kier molecular flexibility index (Phi) is 3.72. The monoisotopic (exact) mass is 294 g/mol. The van der Waals surface area contributed by atoms with Crippen molar-refractivity contribution in [2.24, 2.45) is 0 Å². The van der Waals surface area contributed by atoms with E-state index >= 15 is 0 Å². The number of rotatable bonds is 2. The van der Waals surface area contributed by atoms with Crippen LogP contribution < -0.4 is 0 Å². The van der Waals surface area contributed by atoms with E-state index in [-0.39, 0.29) is 0 Å². The van der Waals surface area contributed by atoms with Crippen molar-refractivity contribution in [3.8, 4) is 22.5 Å². The van der Waals surface area contributed by atoms with E-state index in [1.807, 2.05) is 24.3 Å². The van der Waals surface area contributed by atoms with Gasteiger partial charge in [-0.25, -0.2) is 4.98 Å². The van der Waals surface area contributed by atoms with Crippen molar-refractivity contribution in [3.63, 3.8) is 0 Å². The summed E-state index contributed by atoms with van der Waals surface area (Å²) in [5.41, 5.74) is 6.13. The van der Waals surface area contributed by atoms with Gasteiger partial charge in [-0.15, -0.1) is 0 Å². The fraction of sp³-hybridized carbons (Fsp3) is 0.111. The van der Waals surface area contributed by atoms with E-state index in [1.165, 1.54) is 11.1 Å². The fourth-order valence-corrected chi connectivity index (χ4v) is 2.50. The van der Waals surface area contributed by atoms with Gasteiger partial charge in [-0.3, -0.25) is 4.98 Å². The fourth-order valence-electron chi connectivity index (χ4n) is 2.36. The number of halogens is 1. The van der Waals surface area contributed by atoms with Crippen LogP contribution >= 0.6 is 11.6 Å². The molecule has 2 nitrogen and oxygen atoms in total. The molecule has 0 saturated heterocycles. The molecule has 0 atom stereocenters. The third kappa shape index (κ3) is 2.96. The van der Waals surface area contributed by atoms with Crippen molar-refractivity contribution >= 4 is 11.6 Å². The van der Waals surface area contributed by atoms with Crippen molar-refractivity contribution in [1.29, 1.82) is 0 Å². The molecule has 104 valence electrons. The topological polar surface area (TPSA) is 25.8 Å². The van der Waals surface area contributed by atoms with Gasteiger partial charge in [-0.2, -0.15) is 0 Å². The Morgan fingerprint density at radius 3 is 1.95 bits per heavy atom. The van der Waals surface area contributed by atoms with Crippen LogP contribution in [-0.2, 0) is 0 Å². The lowest BCUT2D eigenvalue weighted by Crippen LogP contribution is -1.94. The number of aromatic nitrogens is 2. The van der Waals surface area contributed by atoms with E-state index in [0.29, 0.717) is 5.15 Å². The van der Waals surface area contributed by atoms with Crippen molar-refractivity contribution in [2.45, 2.75) is 13.8 Å². The lowest BCUT2D eigenvalue weighted by Gasteiger charge is -2.10. The Balaban J connectivity index is 2.22. The second-order valence-electron chi connectivity index (χ2n) is 5.13. The molecule has 0 amide bonds. The van der Waals surface area contributed by atoms with Crippen molar-refractivity contribution in [1.82, 2.24) is 9.97 Å². The molecule has 3 rings (SSSR count). The molecule has 0 radical (unpaired) electrons. The maximum Gasteiger partial charge on any atom is 0.148 e. The minimum absolute atomic E-state index is 0.405. The first-order valence-electron chi connectivity index (χ1n) is 6.80. The molecule has 0 saturated carbocycles. The van der Waals surface area contributed by atoms with Crippen molar-refractivity contribution < 1.29 is 0 Å². The molecule has 0 N–H and O–H groups in total. The summed E-state index contributed by atoms with van der Waals surface area (Å²) in [5.74, 6) is 0. The van der Waals surface area contributed by atoms with Gasteiger partial charge in [0.1, 0.15) is 5.15 Å². The summed E-state index contributed by atoms with van der Waals surface area (Å²) < 4.78 is 0. The van der Waals surface area contributed by atoms with Crippen LogP contribution in [0.1, 0.15) is 11.1 Å². The van der Waals surface area contributed by atoms with Gasteiger partial charge >= 0.3 is 0 Å². The van der Waals surface area contributed by atoms with Gasteiger partial charge in [0.05, 0.1) is 17.6 Å². The molecular formula is C18H15ClN2. The standard InChI is InChI=1S/C18H15ClN2/c1-12-5-3-7-14(9-12)17-18(21-16(19)11-20-17)15-8-4-6-13(2)10-15/h3-11H,1-2H3. The zero-order valence-electron chi connectivity index (χ0n) is 12.0. The highest BCUT2D eigenvalue weighted by Gasteiger charge is 2.12. The molecular weight excluding hydrogens is 280 g/mol. The molecule has 2 aromatic carbocycles. The largest absolute Gasteiger partial charge is 0.251 e. The summed E-state index contributed by atoms with van der Waals surface area (Å²) in [6.07, 6.45) is 1.60. The Labute approximate surface area is 129 Å². The minimum atomic E-state index is 0.405. The maximum atomic E-state index is 6.05. The number of nitrogens with zero attached hydrogens (tertiary/aromatic N) is 2.